The van der Waals surface area contributed by atoms with Crippen molar-refractivity contribution in [2.24, 2.45) is 0 Å². The molecule has 1 aromatic rings. The molecule has 0 aliphatic heterocycles. The van der Waals surface area contributed by atoms with Crippen LogP contribution in [0.25, 0.3) is 0 Å². The Morgan fingerprint density at radius 3 is 2.78 bits per heavy atom. The monoisotopic (exact) mass is 268 g/mol. The molecule has 0 radical (unpaired) electrons. The van der Waals surface area contributed by atoms with Crippen LogP contribution in [0.1, 0.15) is 16.8 Å². The van der Waals surface area contributed by atoms with Crippen molar-refractivity contribution < 1.29 is 14.7 Å². The van der Waals surface area contributed by atoms with E-state index < -0.39 is 17.9 Å². The van der Waals surface area contributed by atoms with Gasteiger partial charge in [0.15, 0.2) is 0 Å². The van der Waals surface area contributed by atoms with Crippen LogP contribution in [0, 0.1) is 0 Å². The number of anilines is 1. The van der Waals surface area contributed by atoms with E-state index in [4.69, 9.17) is 10.8 Å². The number of carboxylic acids is 1. The number of hydrogen-bond acceptors (Lipinski definition) is 4. The Balaban J connectivity index is 2.69. The minimum Gasteiger partial charge on any atom is -0.480 e. The molecule has 1 aromatic carbocycles. The summed E-state index contributed by atoms with van der Waals surface area (Å²) < 4.78 is 0. The molecular weight excluding hydrogens is 252 g/mol. The molecule has 98 valence electrons. The first kappa shape index (κ1) is 14.4. The zero-order chi connectivity index (χ0) is 13.5. The highest BCUT2D eigenvalue weighted by molar-refractivity contribution is 7.98. The summed E-state index contributed by atoms with van der Waals surface area (Å²) in [6.07, 6.45) is 2.28. The van der Waals surface area contributed by atoms with E-state index in [0.29, 0.717) is 23.4 Å². The summed E-state index contributed by atoms with van der Waals surface area (Å²) in [4.78, 5) is 22.8. The number of carbonyl (C=O) groups excluding carboxylic acids is 1. The summed E-state index contributed by atoms with van der Waals surface area (Å²) in [6.45, 7) is 0. The van der Waals surface area contributed by atoms with Gasteiger partial charge in [-0.2, -0.15) is 11.8 Å². The fourth-order valence-electron chi connectivity index (χ4n) is 1.41. The van der Waals surface area contributed by atoms with Crippen molar-refractivity contribution in [2.75, 3.05) is 17.7 Å². The molecule has 0 saturated carbocycles. The standard InChI is InChI=1S/C12H16N2O3S/c1-18-6-5-10(12(16)17)14-11(15)8-3-2-4-9(13)7-8/h2-4,7,10H,5-6,13H2,1H3,(H,14,15)(H,16,17)/t10-/m1/s1. The highest BCUT2D eigenvalue weighted by atomic mass is 32.2. The van der Waals surface area contributed by atoms with Crippen molar-refractivity contribution in [3.63, 3.8) is 0 Å². The van der Waals surface area contributed by atoms with Gasteiger partial charge in [0.1, 0.15) is 6.04 Å². The fraction of sp³-hybridized carbons (Fsp3) is 0.333. The third kappa shape index (κ3) is 4.29. The highest BCUT2D eigenvalue weighted by Crippen LogP contribution is 2.08. The van der Waals surface area contributed by atoms with Gasteiger partial charge in [0, 0.05) is 11.3 Å². The van der Waals surface area contributed by atoms with Crippen molar-refractivity contribution >= 4 is 29.3 Å². The van der Waals surface area contributed by atoms with Gasteiger partial charge in [0.05, 0.1) is 0 Å². The molecule has 4 N–H and O–H groups in total. The average molecular weight is 268 g/mol. The van der Waals surface area contributed by atoms with Crippen molar-refractivity contribution in [3.8, 4) is 0 Å². The lowest BCUT2D eigenvalue weighted by molar-refractivity contribution is -0.139. The van der Waals surface area contributed by atoms with Crippen LogP contribution in [-0.4, -0.2) is 35.0 Å². The minimum atomic E-state index is -1.03. The number of benzene rings is 1. The maximum Gasteiger partial charge on any atom is 0.326 e. The van der Waals surface area contributed by atoms with Crippen molar-refractivity contribution in [3.05, 3.63) is 29.8 Å². The quantitative estimate of drug-likeness (QED) is 0.674. The number of nitrogens with one attached hydrogen (secondary N) is 1. The van der Waals surface area contributed by atoms with Gasteiger partial charge in [-0.3, -0.25) is 4.79 Å². The molecule has 0 saturated heterocycles. The highest BCUT2D eigenvalue weighted by Gasteiger charge is 2.20. The maximum atomic E-state index is 11.8. The second kappa shape index (κ2) is 6.90. The fourth-order valence-corrected chi connectivity index (χ4v) is 1.89. The SMILES string of the molecule is CSCC[C@@H](NC(=O)c1cccc(N)c1)C(=O)O. The van der Waals surface area contributed by atoms with E-state index >= 15 is 0 Å². The largest absolute Gasteiger partial charge is 0.480 e. The normalized spacial score (nSPS) is 11.8. The van der Waals surface area contributed by atoms with Crippen LogP contribution in [0.5, 0.6) is 0 Å². The van der Waals surface area contributed by atoms with Crippen molar-refractivity contribution in [1.29, 1.82) is 0 Å². The summed E-state index contributed by atoms with van der Waals surface area (Å²) in [5, 5.41) is 11.5. The van der Waals surface area contributed by atoms with Crippen LogP contribution in [0.2, 0.25) is 0 Å². The smallest absolute Gasteiger partial charge is 0.326 e. The second-order valence-corrected chi connectivity index (χ2v) is 4.76. The molecule has 18 heavy (non-hydrogen) atoms. The van der Waals surface area contributed by atoms with E-state index in [1.165, 1.54) is 17.8 Å². The summed E-state index contributed by atoms with van der Waals surface area (Å²) in [5.41, 5.74) is 6.40. The van der Waals surface area contributed by atoms with Crippen LogP contribution in [0.15, 0.2) is 24.3 Å². The number of carboxylic acid groups (broad SMARTS) is 1. The molecule has 0 aliphatic carbocycles. The molecule has 1 rings (SSSR count). The van der Waals surface area contributed by atoms with Crippen LogP contribution < -0.4 is 11.1 Å². The third-order valence-electron chi connectivity index (χ3n) is 2.36. The minimum absolute atomic E-state index is 0.366. The van der Waals surface area contributed by atoms with Crippen LogP contribution in [-0.2, 0) is 4.79 Å². The number of amides is 1. The zero-order valence-electron chi connectivity index (χ0n) is 10.1. The third-order valence-corrected chi connectivity index (χ3v) is 3.01. The first-order valence-electron chi connectivity index (χ1n) is 5.42. The number of nitrogen functional groups attached to an aromatic ring is 1. The molecule has 0 spiro atoms. The van der Waals surface area contributed by atoms with Gasteiger partial charge in [-0.05, 0) is 36.6 Å². The van der Waals surface area contributed by atoms with Crippen LogP contribution in [0.3, 0.4) is 0 Å². The lowest BCUT2D eigenvalue weighted by Crippen LogP contribution is -2.41. The van der Waals surface area contributed by atoms with Gasteiger partial charge >= 0.3 is 5.97 Å². The molecule has 0 heterocycles. The topological polar surface area (TPSA) is 92.4 Å². The Bertz CT molecular complexity index is 437. The lowest BCUT2D eigenvalue weighted by Gasteiger charge is -2.14. The first-order valence-corrected chi connectivity index (χ1v) is 6.82. The Kier molecular flexibility index (Phi) is 5.51. The molecular formula is C12H16N2O3S. The van der Waals surface area contributed by atoms with Crippen LogP contribution >= 0.6 is 11.8 Å². The molecule has 0 unspecified atom stereocenters. The number of rotatable bonds is 6. The van der Waals surface area contributed by atoms with Gasteiger partial charge < -0.3 is 16.2 Å². The average Bonchev–Trinajstić information content (AvgIpc) is 2.33. The van der Waals surface area contributed by atoms with Crippen LogP contribution in [0.4, 0.5) is 5.69 Å². The van der Waals surface area contributed by atoms with Crippen molar-refractivity contribution in [2.45, 2.75) is 12.5 Å². The molecule has 6 heteroatoms. The summed E-state index contributed by atoms with van der Waals surface area (Å²) in [6, 6.07) is 5.56. The number of aliphatic carboxylic acids is 1. The first-order chi connectivity index (χ1) is 8.54. The molecule has 1 atom stereocenters. The number of carbonyl (C=O) groups is 2. The molecule has 0 fully saturated rings. The van der Waals surface area contributed by atoms with E-state index in [2.05, 4.69) is 5.32 Å². The van der Waals surface area contributed by atoms with Gasteiger partial charge in [0.2, 0.25) is 0 Å². The molecule has 0 aliphatic rings. The maximum absolute atomic E-state index is 11.8. The summed E-state index contributed by atoms with van der Waals surface area (Å²) >= 11 is 1.54. The lowest BCUT2D eigenvalue weighted by atomic mass is 10.1. The zero-order valence-corrected chi connectivity index (χ0v) is 10.9. The number of thioether (sulfide) groups is 1. The van der Waals surface area contributed by atoms with E-state index in [0.717, 1.165) is 0 Å². The van der Waals surface area contributed by atoms with E-state index in [1.807, 2.05) is 6.26 Å². The van der Waals surface area contributed by atoms with Gasteiger partial charge in [0.25, 0.3) is 5.91 Å². The molecule has 0 bridgehead atoms. The van der Waals surface area contributed by atoms with E-state index in [9.17, 15) is 9.59 Å². The van der Waals surface area contributed by atoms with E-state index in [1.54, 1.807) is 18.2 Å². The Morgan fingerprint density at radius 2 is 2.22 bits per heavy atom. The molecule has 1 amide bonds. The Morgan fingerprint density at radius 1 is 1.50 bits per heavy atom. The molecule has 5 nitrogen and oxygen atoms in total. The van der Waals surface area contributed by atoms with Crippen molar-refractivity contribution in [1.82, 2.24) is 5.32 Å². The van der Waals surface area contributed by atoms with Gasteiger partial charge in [-0.1, -0.05) is 6.07 Å². The Labute approximate surface area is 110 Å². The van der Waals surface area contributed by atoms with Gasteiger partial charge in [-0.25, -0.2) is 4.79 Å². The predicted octanol–water partition coefficient (Wildman–Crippen LogP) is 1.20. The Hall–Kier alpha value is -1.69. The van der Waals surface area contributed by atoms with Gasteiger partial charge in [-0.15, -0.1) is 0 Å². The summed E-state index contributed by atoms with van der Waals surface area (Å²) in [7, 11) is 0. The number of nitrogens with two attached hydrogens (primary N) is 1. The van der Waals surface area contributed by atoms with E-state index in [-0.39, 0.29) is 0 Å². The predicted molar refractivity (Wildman–Crippen MR) is 72.7 cm³/mol. The molecule has 0 aromatic heterocycles. The second-order valence-electron chi connectivity index (χ2n) is 3.77. The number of hydrogen-bond donors (Lipinski definition) is 3. The summed E-state index contributed by atoms with van der Waals surface area (Å²) in [5.74, 6) is -0.772.